The van der Waals surface area contributed by atoms with E-state index in [0.29, 0.717) is 23.3 Å². The number of anilines is 1. The summed E-state index contributed by atoms with van der Waals surface area (Å²) in [6.45, 7) is 5.86. The lowest BCUT2D eigenvalue weighted by atomic mass is 10.1. The highest BCUT2D eigenvalue weighted by molar-refractivity contribution is 7.99. The monoisotopic (exact) mass is 456 g/mol. The van der Waals surface area contributed by atoms with Gasteiger partial charge in [0, 0.05) is 6.54 Å². The van der Waals surface area contributed by atoms with Crippen LogP contribution in [0.25, 0.3) is 11.4 Å². The van der Waals surface area contributed by atoms with Gasteiger partial charge in [-0.05, 0) is 25.1 Å². The molecule has 2 heterocycles. The van der Waals surface area contributed by atoms with Gasteiger partial charge in [0.25, 0.3) is 0 Å². The molecule has 6 nitrogen and oxygen atoms in total. The van der Waals surface area contributed by atoms with Crippen molar-refractivity contribution in [3.8, 4) is 11.4 Å². The number of aromatic nitrogens is 3. The average Bonchev–Trinajstić information content (AvgIpc) is 3.27. The molecule has 1 aromatic carbocycles. The molecule has 11 heteroatoms. The van der Waals surface area contributed by atoms with Gasteiger partial charge in [0.15, 0.2) is 11.0 Å². The third-order valence-corrected chi connectivity index (χ3v) is 5.33. The molecule has 0 unspecified atom stereocenters. The van der Waals surface area contributed by atoms with E-state index in [9.17, 15) is 18.0 Å². The van der Waals surface area contributed by atoms with Gasteiger partial charge in [-0.25, -0.2) is 0 Å². The summed E-state index contributed by atoms with van der Waals surface area (Å²) < 4.78 is 46.6. The lowest BCUT2D eigenvalue weighted by molar-refractivity contribution is -0.137. The Morgan fingerprint density at radius 1 is 1.37 bits per heavy atom. The van der Waals surface area contributed by atoms with Crippen LogP contribution in [0.3, 0.4) is 0 Å². The van der Waals surface area contributed by atoms with Gasteiger partial charge < -0.3 is 9.73 Å². The number of amides is 1. The SMILES string of the molecule is C=CCn1c(SCC(=O)Nc2c(Cl)cccc2C(F)(F)F)nnc1-c1ccoc1C. The Morgan fingerprint density at radius 2 is 2.13 bits per heavy atom. The number of halogens is 4. The van der Waals surface area contributed by atoms with E-state index in [1.165, 1.54) is 18.4 Å². The average molecular weight is 457 g/mol. The molecule has 3 aromatic rings. The summed E-state index contributed by atoms with van der Waals surface area (Å²) in [6, 6.07) is 5.05. The van der Waals surface area contributed by atoms with Crippen molar-refractivity contribution in [1.82, 2.24) is 14.8 Å². The van der Waals surface area contributed by atoms with Gasteiger partial charge in [-0.2, -0.15) is 13.2 Å². The molecule has 1 amide bonds. The zero-order valence-corrected chi connectivity index (χ0v) is 17.2. The van der Waals surface area contributed by atoms with Crippen LogP contribution in [0.2, 0.25) is 5.02 Å². The van der Waals surface area contributed by atoms with Gasteiger partial charge in [0.2, 0.25) is 5.91 Å². The molecule has 30 heavy (non-hydrogen) atoms. The molecule has 0 saturated heterocycles. The molecule has 0 radical (unpaired) electrons. The minimum atomic E-state index is -4.65. The standard InChI is InChI=1S/C19H16ClF3N4O2S/c1-3-8-27-17(12-7-9-29-11(12)2)25-26-18(27)30-10-15(28)24-16-13(19(21,22)23)5-4-6-14(16)20/h3-7,9H,1,8,10H2,2H3,(H,24,28). The number of rotatable bonds is 7. The molecule has 1 N–H and O–H groups in total. The zero-order valence-electron chi connectivity index (χ0n) is 15.7. The third-order valence-electron chi connectivity index (χ3n) is 4.04. The summed E-state index contributed by atoms with van der Waals surface area (Å²) in [5, 5.41) is 10.7. The topological polar surface area (TPSA) is 73.0 Å². The Hall–Kier alpha value is -2.72. The van der Waals surface area contributed by atoms with Crippen molar-refractivity contribution in [3.63, 3.8) is 0 Å². The Morgan fingerprint density at radius 3 is 2.77 bits per heavy atom. The summed E-state index contributed by atoms with van der Waals surface area (Å²) >= 11 is 6.90. The summed E-state index contributed by atoms with van der Waals surface area (Å²) in [5.41, 5.74) is -0.744. The number of thioether (sulfide) groups is 1. The van der Waals surface area contributed by atoms with E-state index in [0.717, 1.165) is 23.4 Å². The molecule has 0 atom stereocenters. The lowest BCUT2D eigenvalue weighted by Gasteiger charge is -2.15. The molecule has 0 bridgehead atoms. The Balaban J connectivity index is 1.77. The minimum absolute atomic E-state index is 0.192. The largest absolute Gasteiger partial charge is 0.469 e. The number of hydrogen-bond acceptors (Lipinski definition) is 5. The Labute approximate surface area is 179 Å². The fraction of sp³-hybridized carbons (Fsp3) is 0.211. The molecule has 0 aliphatic carbocycles. The van der Waals surface area contributed by atoms with Crippen LogP contribution in [0.1, 0.15) is 11.3 Å². The molecular formula is C19H16ClF3N4O2S. The first-order chi connectivity index (χ1) is 14.2. The smallest absolute Gasteiger partial charge is 0.418 e. The Bertz CT molecular complexity index is 1080. The summed E-state index contributed by atoms with van der Waals surface area (Å²) in [4.78, 5) is 12.3. The van der Waals surface area contributed by atoms with Gasteiger partial charge in [-0.3, -0.25) is 9.36 Å². The molecular weight excluding hydrogens is 441 g/mol. The van der Waals surface area contributed by atoms with Crippen LogP contribution in [0.5, 0.6) is 0 Å². The van der Waals surface area contributed by atoms with Crippen molar-refractivity contribution >= 4 is 35.0 Å². The summed E-state index contributed by atoms with van der Waals surface area (Å²) in [7, 11) is 0. The second-order valence-electron chi connectivity index (χ2n) is 6.09. The Kier molecular flexibility index (Phi) is 6.57. The molecule has 0 aliphatic heterocycles. The fourth-order valence-electron chi connectivity index (χ4n) is 2.70. The molecule has 158 valence electrons. The van der Waals surface area contributed by atoms with Gasteiger partial charge in [0.1, 0.15) is 5.76 Å². The predicted molar refractivity (Wildman–Crippen MR) is 108 cm³/mol. The number of benzene rings is 1. The van der Waals surface area contributed by atoms with Gasteiger partial charge >= 0.3 is 6.18 Å². The first kappa shape index (κ1) is 22.0. The van der Waals surface area contributed by atoms with E-state index < -0.39 is 23.3 Å². The van der Waals surface area contributed by atoms with Gasteiger partial charge in [0.05, 0.1) is 33.9 Å². The maximum atomic E-state index is 13.2. The van der Waals surface area contributed by atoms with Crippen molar-refractivity contribution < 1.29 is 22.4 Å². The van der Waals surface area contributed by atoms with Crippen LogP contribution < -0.4 is 5.32 Å². The molecule has 3 rings (SSSR count). The highest BCUT2D eigenvalue weighted by atomic mass is 35.5. The van der Waals surface area contributed by atoms with E-state index >= 15 is 0 Å². The lowest BCUT2D eigenvalue weighted by Crippen LogP contribution is -2.19. The number of alkyl halides is 3. The van der Waals surface area contributed by atoms with Crippen molar-refractivity contribution in [2.24, 2.45) is 0 Å². The van der Waals surface area contributed by atoms with E-state index in [4.69, 9.17) is 16.0 Å². The van der Waals surface area contributed by atoms with Crippen LogP contribution in [-0.4, -0.2) is 26.4 Å². The second kappa shape index (κ2) is 8.97. The first-order valence-corrected chi connectivity index (χ1v) is 9.95. The number of aryl methyl sites for hydroxylation is 1. The number of nitrogens with one attached hydrogen (secondary N) is 1. The summed E-state index contributed by atoms with van der Waals surface area (Å²) in [5.74, 6) is 0.338. The molecule has 0 fully saturated rings. The maximum Gasteiger partial charge on any atom is 0.418 e. The second-order valence-corrected chi connectivity index (χ2v) is 7.44. The van der Waals surface area contributed by atoms with Gasteiger partial charge in [-0.15, -0.1) is 16.8 Å². The van der Waals surface area contributed by atoms with Crippen LogP contribution >= 0.6 is 23.4 Å². The predicted octanol–water partition coefficient (Wildman–Crippen LogP) is 5.44. The van der Waals surface area contributed by atoms with Crippen LogP contribution in [0.15, 0.2) is 52.8 Å². The maximum absolute atomic E-state index is 13.2. The number of para-hydroxylation sites is 1. The van der Waals surface area contributed by atoms with Crippen molar-refractivity contribution in [2.75, 3.05) is 11.1 Å². The third kappa shape index (κ3) is 4.71. The van der Waals surface area contributed by atoms with E-state index in [2.05, 4.69) is 22.1 Å². The molecule has 0 saturated carbocycles. The highest BCUT2D eigenvalue weighted by Gasteiger charge is 2.34. The van der Waals surface area contributed by atoms with Crippen molar-refractivity contribution in [3.05, 3.63) is 59.5 Å². The number of furan rings is 1. The van der Waals surface area contributed by atoms with Crippen LogP contribution in [-0.2, 0) is 17.5 Å². The number of nitrogens with zero attached hydrogens (tertiary/aromatic N) is 3. The van der Waals surface area contributed by atoms with Crippen molar-refractivity contribution in [1.29, 1.82) is 0 Å². The molecule has 2 aromatic heterocycles. The van der Waals surface area contributed by atoms with Crippen molar-refractivity contribution in [2.45, 2.75) is 24.8 Å². The van der Waals surface area contributed by atoms with Crippen LogP contribution in [0.4, 0.5) is 18.9 Å². The quantitative estimate of drug-likeness (QED) is 0.379. The minimum Gasteiger partial charge on any atom is -0.469 e. The normalized spacial score (nSPS) is 11.5. The zero-order chi connectivity index (χ0) is 21.9. The first-order valence-electron chi connectivity index (χ1n) is 8.59. The number of carbonyl (C=O) groups excluding carboxylic acids is 1. The number of hydrogen-bond donors (Lipinski definition) is 1. The van der Waals surface area contributed by atoms with E-state index in [1.807, 2.05) is 0 Å². The fourth-order valence-corrected chi connectivity index (χ4v) is 3.67. The molecule has 0 aliphatic rings. The number of allylic oxidation sites excluding steroid dienone is 1. The van der Waals surface area contributed by atoms with E-state index in [-0.39, 0.29) is 10.8 Å². The van der Waals surface area contributed by atoms with Gasteiger partial charge in [-0.1, -0.05) is 35.5 Å². The van der Waals surface area contributed by atoms with E-state index in [1.54, 1.807) is 23.6 Å². The molecule has 0 spiro atoms. The highest BCUT2D eigenvalue weighted by Crippen LogP contribution is 2.38. The summed E-state index contributed by atoms with van der Waals surface area (Å²) in [6.07, 6.45) is -1.48. The van der Waals surface area contributed by atoms with Crippen LogP contribution in [0, 0.1) is 6.92 Å². The number of carbonyl (C=O) groups is 1.